The van der Waals surface area contributed by atoms with E-state index in [0.717, 1.165) is 5.56 Å². The largest absolute Gasteiger partial charge is 0.466 e. The van der Waals surface area contributed by atoms with E-state index in [0.29, 0.717) is 44.1 Å². The Labute approximate surface area is 224 Å². The lowest BCUT2D eigenvalue weighted by molar-refractivity contribution is -0.384. The second-order valence-corrected chi connectivity index (χ2v) is 9.74. The number of furan rings is 1. The van der Waals surface area contributed by atoms with Gasteiger partial charge in [0.15, 0.2) is 4.80 Å². The van der Waals surface area contributed by atoms with E-state index < -0.39 is 16.9 Å². The highest BCUT2D eigenvalue weighted by molar-refractivity contribution is 7.07. The third kappa shape index (κ3) is 4.48. The van der Waals surface area contributed by atoms with Gasteiger partial charge >= 0.3 is 5.97 Å². The molecule has 0 spiro atoms. The number of esters is 1. The van der Waals surface area contributed by atoms with Gasteiger partial charge in [0.25, 0.3) is 11.2 Å². The minimum Gasteiger partial charge on any atom is -0.466 e. The predicted molar refractivity (Wildman–Crippen MR) is 143 cm³/mol. The standard InChI is InChI=1S/C27H20ClN3O6S/c1-3-19-23(26(33)36-2)24(15-7-5-4-6-8-15)30-25(32)22(38-27(30)29-19)14-17-10-12-21(37-17)16-9-11-18(28)20(13-16)31(34)35/h4-14,24H,3H2,1-2H3/b22-14+/t24-/m0/s1. The number of methoxy groups -OCH3 is 1. The Morgan fingerprint density at radius 2 is 2.00 bits per heavy atom. The van der Waals surface area contributed by atoms with E-state index in [9.17, 15) is 19.7 Å². The monoisotopic (exact) mass is 549 g/mol. The number of hydrogen-bond donors (Lipinski definition) is 0. The van der Waals surface area contributed by atoms with E-state index in [-0.39, 0.29) is 16.3 Å². The van der Waals surface area contributed by atoms with E-state index in [4.69, 9.17) is 20.8 Å². The highest BCUT2D eigenvalue weighted by Crippen LogP contribution is 2.33. The molecule has 0 saturated carbocycles. The normalized spacial score (nSPS) is 15.2. The van der Waals surface area contributed by atoms with E-state index in [1.807, 2.05) is 37.3 Å². The third-order valence-electron chi connectivity index (χ3n) is 6.09. The zero-order chi connectivity index (χ0) is 27.0. The number of fused-ring (bicyclic) bond motifs is 1. The summed E-state index contributed by atoms with van der Waals surface area (Å²) in [6, 6.07) is 16.3. The van der Waals surface area contributed by atoms with Crippen LogP contribution in [0.5, 0.6) is 0 Å². The number of nitrogens with zero attached hydrogens (tertiary/aromatic N) is 3. The van der Waals surface area contributed by atoms with Gasteiger partial charge in [-0.3, -0.25) is 19.5 Å². The highest BCUT2D eigenvalue weighted by atomic mass is 35.5. The Bertz CT molecular complexity index is 1780. The number of nitro benzene ring substituents is 1. The lowest BCUT2D eigenvalue weighted by Crippen LogP contribution is -2.40. The van der Waals surface area contributed by atoms with Crippen molar-refractivity contribution in [2.75, 3.05) is 7.11 Å². The number of hydrogen-bond acceptors (Lipinski definition) is 8. The Kier molecular flexibility index (Phi) is 6.83. The zero-order valence-electron chi connectivity index (χ0n) is 20.2. The van der Waals surface area contributed by atoms with Gasteiger partial charge in [-0.15, -0.1) is 0 Å². The number of nitro groups is 1. The van der Waals surface area contributed by atoms with Crippen LogP contribution in [0, 0.1) is 10.1 Å². The smallest absolute Gasteiger partial charge is 0.338 e. The Morgan fingerprint density at radius 1 is 1.24 bits per heavy atom. The summed E-state index contributed by atoms with van der Waals surface area (Å²) < 4.78 is 12.8. The molecule has 0 aliphatic carbocycles. The van der Waals surface area contributed by atoms with Crippen molar-refractivity contribution in [3.05, 3.63) is 118 Å². The summed E-state index contributed by atoms with van der Waals surface area (Å²) in [6.45, 7) is 1.89. The molecule has 0 saturated heterocycles. The van der Waals surface area contributed by atoms with Crippen molar-refractivity contribution in [1.29, 1.82) is 0 Å². The van der Waals surface area contributed by atoms with Crippen LogP contribution >= 0.6 is 22.9 Å². The predicted octanol–water partition coefficient (Wildman–Crippen LogP) is 4.62. The number of carbonyl (C=O) groups excluding carboxylic acids is 1. The van der Waals surface area contributed by atoms with Crippen molar-refractivity contribution in [3.8, 4) is 11.3 Å². The first kappa shape index (κ1) is 25.4. The maximum absolute atomic E-state index is 13.7. The van der Waals surface area contributed by atoms with E-state index in [2.05, 4.69) is 4.99 Å². The van der Waals surface area contributed by atoms with Crippen LogP contribution in [-0.4, -0.2) is 22.6 Å². The van der Waals surface area contributed by atoms with Crippen molar-refractivity contribution < 1.29 is 18.9 Å². The number of benzene rings is 2. The summed E-state index contributed by atoms with van der Waals surface area (Å²) in [4.78, 5) is 42.3. The topological polar surface area (TPSA) is 117 Å². The average molecular weight is 550 g/mol. The summed E-state index contributed by atoms with van der Waals surface area (Å²) in [5.74, 6) is 0.218. The third-order valence-corrected chi connectivity index (χ3v) is 7.40. The molecule has 38 heavy (non-hydrogen) atoms. The number of allylic oxidation sites excluding steroid dienone is 1. The summed E-state index contributed by atoms with van der Waals surface area (Å²) in [7, 11) is 1.31. The minimum absolute atomic E-state index is 0.0254. The van der Waals surface area contributed by atoms with Crippen LogP contribution < -0.4 is 14.9 Å². The van der Waals surface area contributed by atoms with Gasteiger partial charge in [-0.1, -0.05) is 60.2 Å². The first-order chi connectivity index (χ1) is 18.3. The zero-order valence-corrected chi connectivity index (χ0v) is 21.8. The molecule has 0 unspecified atom stereocenters. The molecule has 9 nitrogen and oxygen atoms in total. The molecular formula is C27H20ClN3O6S. The van der Waals surface area contributed by atoms with Gasteiger partial charge in [-0.25, -0.2) is 9.79 Å². The molecule has 3 heterocycles. The van der Waals surface area contributed by atoms with E-state index >= 15 is 0 Å². The van der Waals surface area contributed by atoms with Gasteiger partial charge in [0, 0.05) is 17.7 Å². The molecule has 1 atom stereocenters. The average Bonchev–Trinajstić information content (AvgIpc) is 3.52. The van der Waals surface area contributed by atoms with Gasteiger partial charge < -0.3 is 9.15 Å². The van der Waals surface area contributed by atoms with Gasteiger partial charge in [-0.05, 0) is 36.2 Å². The molecule has 11 heteroatoms. The Morgan fingerprint density at radius 3 is 2.68 bits per heavy atom. The van der Waals surface area contributed by atoms with Crippen molar-refractivity contribution in [2.24, 2.45) is 4.99 Å². The van der Waals surface area contributed by atoms with Crippen LogP contribution in [0.4, 0.5) is 5.69 Å². The molecule has 0 radical (unpaired) electrons. The van der Waals surface area contributed by atoms with Crippen molar-refractivity contribution in [3.63, 3.8) is 0 Å². The molecule has 192 valence electrons. The first-order valence-corrected chi connectivity index (χ1v) is 12.7. The van der Waals surface area contributed by atoms with Crippen LogP contribution in [0.1, 0.15) is 30.7 Å². The molecule has 2 aromatic heterocycles. The van der Waals surface area contributed by atoms with Crippen LogP contribution in [-0.2, 0) is 9.53 Å². The molecule has 2 aromatic carbocycles. The quantitative estimate of drug-likeness (QED) is 0.197. The molecule has 0 N–H and O–H groups in total. The fraction of sp³-hybridized carbons (Fsp3) is 0.148. The summed E-state index contributed by atoms with van der Waals surface area (Å²) in [6.07, 6.45) is 2.07. The minimum atomic E-state index is -0.696. The summed E-state index contributed by atoms with van der Waals surface area (Å²) in [5.41, 5.74) is 1.55. The number of halogens is 1. The fourth-order valence-corrected chi connectivity index (χ4v) is 5.52. The van der Waals surface area contributed by atoms with Crippen molar-refractivity contribution in [1.82, 2.24) is 4.57 Å². The molecule has 0 fully saturated rings. The Hall–Kier alpha value is -4.28. The molecule has 4 aromatic rings. The van der Waals surface area contributed by atoms with Gasteiger partial charge in [0.2, 0.25) is 0 Å². The molecule has 0 bridgehead atoms. The van der Waals surface area contributed by atoms with Gasteiger partial charge in [-0.2, -0.15) is 0 Å². The number of rotatable bonds is 6. The summed E-state index contributed by atoms with van der Waals surface area (Å²) >= 11 is 7.10. The molecular weight excluding hydrogens is 530 g/mol. The van der Waals surface area contributed by atoms with Crippen LogP contribution in [0.15, 0.2) is 86.1 Å². The van der Waals surface area contributed by atoms with Crippen LogP contribution in [0.2, 0.25) is 5.02 Å². The number of thiazole rings is 1. The lowest BCUT2D eigenvalue weighted by atomic mass is 9.95. The van der Waals surface area contributed by atoms with Gasteiger partial charge in [0.1, 0.15) is 16.5 Å². The Balaban J connectivity index is 1.63. The SMILES string of the molecule is CCC1=C(C(=O)OC)[C@H](c2ccccc2)n2c(s/c(=C/c3ccc(-c4ccc(Cl)c([N+](=O)[O-])c4)o3)c2=O)=N1. The molecule has 1 aliphatic rings. The second-order valence-electron chi connectivity index (χ2n) is 8.32. The second kappa shape index (κ2) is 10.2. The fourth-order valence-electron chi connectivity index (χ4n) is 4.34. The first-order valence-electron chi connectivity index (χ1n) is 11.5. The van der Waals surface area contributed by atoms with E-state index in [1.165, 1.54) is 35.1 Å². The number of ether oxygens (including phenoxy) is 1. The lowest BCUT2D eigenvalue weighted by Gasteiger charge is -2.25. The number of carbonyl (C=O) groups is 1. The van der Waals surface area contributed by atoms with E-state index in [1.54, 1.807) is 24.3 Å². The van der Waals surface area contributed by atoms with Crippen LogP contribution in [0.25, 0.3) is 17.4 Å². The molecule has 5 rings (SSSR count). The van der Waals surface area contributed by atoms with Crippen molar-refractivity contribution in [2.45, 2.75) is 19.4 Å². The van der Waals surface area contributed by atoms with Crippen LogP contribution in [0.3, 0.4) is 0 Å². The molecule has 0 amide bonds. The maximum atomic E-state index is 13.7. The molecule has 1 aliphatic heterocycles. The summed E-state index contributed by atoms with van der Waals surface area (Å²) in [5, 5.41) is 11.3. The van der Waals surface area contributed by atoms with Gasteiger partial charge in [0.05, 0.1) is 33.9 Å². The van der Waals surface area contributed by atoms with Crippen molar-refractivity contribution >= 4 is 40.7 Å². The highest BCUT2D eigenvalue weighted by Gasteiger charge is 2.33. The maximum Gasteiger partial charge on any atom is 0.338 e. The number of aromatic nitrogens is 1.